The van der Waals surface area contributed by atoms with Crippen LogP contribution in [0.15, 0.2) is 46.9 Å². The van der Waals surface area contributed by atoms with E-state index in [1.807, 2.05) is 61.5 Å². The summed E-state index contributed by atoms with van der Waals surface area (Å²) in [6.07, 6.45) is 3.95. The number of halogens is 2. The average molecular weight is 419 g/mol. The summed E-state index contributed by atoms with van der Waals surface area (Å²) >= 11 is 9.58. The highest BCUT2D eigenvalue weighted by Gasteiger charge is 2.10. The van der Waals surface area contributed by atoms with Gasteiger partial charge in [0.1, 0.15) is 0 Å². The predicted octanol–water partition coefficient (Wildman–Crippen LogP) is 6.23. The average Bonchev–Trinajstić information content (AvgIpc) is 2.61. The van der Waals surface area contributed by atoms with E-state index in [0.29, 0.717) is 23.1 Å². The van der Waals surface area contributed by atoms with E-state index in [1.54, 1.807) is 7.11 Å². The fraction of sp³-hybridized carbons (Fsp3) is 0.150. The van der Waals surface area contributed by atoms with E-state index in [2.05, 4.69) is 20.9 Å². The number of ether oxygens (including phenoxy) is 2. The molecule has 0 N–H and O–H groups in total. The van der Waals surface area contributed by atoms with Crippen molar-refractivity contribution in [3.63, 3.8) is 0 Å². The summed E-state index contributed by atoms with van der Waals surface area (Å²) in [7, 11) is 1.63. The first kappa shape index (κ1) is 17.8. The molecule has 3 rings (SSSR count). The standard InChI is InChI=1S/C20H17BrClNO2/c1-3-25-20-17(21)10-13(11-19(20)24-2)4-8-16-9-6-14-5-7-15(22)12-18(14)23-16/h4-12H,3H2,1-2H3/b8-4+. The normalized spacial score (nSPS) is 11.2. The third kappa shape index (κ3) is 4.14. The lowest BCUT2D eigenvalue weighted by Crippen LogP contribution is -1.96. The van der Waals surface area contributed by atoms with Crippen molar-refractivity contribution in [3.05, 3.63) is 63.2 Å². The third-order valence-corrected chi connectivity index (χ3v) is 4.49. The lowest BCUT2D eigenvalue weighted by Gasteiger charge is -2.12. The minimum atomic E-state index is 0.577. The molecule has 3 aromatic rings. The van der Waals surface area contributed by atoms with Gasteiger partial charge in [0.15, 0.2) is 11.5 Å². The van der Waals surface area contributed by atoms with Crippen molar-refractivity contribution in [1.82, 2.24) is 4.98 Å². The zero-order valence-corrected chi connectivity index (χ0v) is 16.3. The zero-order chi connectivity index (χ0) is 17.8. The second-order valence-corrected chi connectivity index (χ2v) is 6.66. The van der Waals surface area contributed by atoms with E-state index < -0.39 is 0 Å². The van der Waals surface area contributed by atoms with Crippen LogP contribution in [-0.4, -0.2) is 18.7 Å². The van der Waals surface area contributed by atoms with Crippen molar-refractivity contribution < 1.29 is 9.47 Å². The van der Waals surface area contributed by atoms with Gasteiger partial charge in [0, 0.05) is 10.4 Å². The molecular formula is C20H17BrClNO2. The van der Waals surface area contributed by atoms with Gasteiger partial charge >= 0.3 is 0 Å². The molecule has 0 aliphatic carbocycles. The molecule has 0 bridgehead atoms. The van der Waals surface area contributed by atoms with Gasteiger partial charge in [0.2, 0.25) is 0 Å². The highest BCUT2D eigenvalue weighted by molar-refractivity contribution is 9.10. The molecule has 0 unspecified atom stereocenters. The van der Waals surface area contributed by atoms with E-state index in [9.17, 15) is 0 Å². The Morgan fingerprint density at radius 2 is 1.92 bits per heavy atom. The third-order valence-electron chi connectivity index (χ3n) is 3.66. The summed E-state index contributed by atoms with van der Waals surface area (Å²) in [6.45, 7) is 2.52. The van der Waals surface area contributed by atoms with Crippen LogP contribution in [0.2, 0.25) is 5.02 Å². The number of methoxy groups -OCH3 is 1. The summed E-state index contributed by atoms with van der Waals surface area (Å²) in [5.41, 5.74) is 2.72. The van der Waals surface area contributed by atoms with E-state index in [0.717, 1.165) is 26.6 Å². The van der Waals surface area contributed by atoms with E-state index >= 15 is 0 Å². The molecule has 2 aromatic carbocycles. The van der Waals surface area contributed by atoms with Gasteiger partial charge in [-0.2, -0.15) is 0 Å². The Bertz CT molecular complexity index is 940. The fourth-order valence-corrected chi connectivity index (χ4v) is 3.24. The predicted molar refractivity (Wildman–Crippen MR) is 108 cm³/mol. The van der Waals surface area contributed by atoms with E-state index in [1.165, 1.54) is 0 Å². The molecule has 0 atom stereocenters. The van der Waals surface area contributed by atoms with Gasteiger partial charge in [-0.05, 0) is 64.8 Å². The molecule has 0 radical (unpaired) electrons. The first-order valence-electron chi connectivity index (χ1n) is 7.85. The SMILES string of the molecule is CCOc1c(Br)cc(/C=C/c2ccc3ccc(Cl)cc3n2)cc1OC. The molecule has 0 spiro atoms. The van der Waals surface area contributed by atoms with Crippen LogP contribution in [0.3, 0.4) is 0 Å². The van der Waals surface area contributed by atoms with Crippen LogP contribution in [0.5, 0.6) is 11.5 Å². The summed E-state index contributed by atoms with van der Waals surface area (Å²) in [5.74, 6) is 1.40. The molecule has 3 nitrogen and oxygen atoms in total. The van der Waals surface area contributed by atoms with Crippen LogP contribution in [0, 0.1) is 0 Å². The van der Waals surface area contributed by atoms with Crippen molar-refractivity contribution in [3.8, 4) is 11.5 Å². The van der Waals surface area contributed by atoms with Crippen LogP contribution in [0.1, 0.15) is 18.2 Å². The Morgan fingerprint density at radius 3 is 2.68 bits per heavy atom. The number of fused-ring (bicyclic) bond motifs is 1. The topological polar surface area (TPSA) is 31.4 Å². The highest BCUT2D eigenvalue weighted by atomic mass is 79.9. The van der Waals surface area contributed by atoms with Crippen LogP contribution in [-0.2, 0) is 0 Å². The fourth-order valence-electron chi connectivity index (χ4n) is 2.50. The summed E-state index contributed by atoms with van der Waals surface area (Å²) in [4.78, 5) is 4.62. The Morgan fingerprint density at radius 1 is 1.12 bits per heavy atom. The number of aromatic nitrogens is 1. The minimum absolute atomic E-state index is 0.577. The van der Waals surface area contributed by atoms with Gasteiger partial charge in [-0.25, -0.2) is 4.98 Å². The molecule has 1 heterocycles. The van der Waals surface area contributed by atoms with Gasteiger partial charge in [-0.1, -0.05) is 29.8 Å². The quantitative estimate of drug-likeness (QED) is 0.492. The summed E-state index contributed by atoms with van der Waals surface area (Å²) in [6, 6.07) is 13.6. The maximum Gasteiger partial charge on any atom is 0.175 e. The van der Waals surface area contributed by atoms with Gasteiger partial charge in [-0.3, -0.25) is 0 Å². The zero-order valence-electron chi connectivity index (χ0n) is 13.9. The molecule has 0 amide bonds. The Kier molecular flexibility index (Phi) is 5.61. The van der Waals surface area contributed by atoms with Gasteiger partial charge in [-0.15, -0.1) is 0 Å². The second kappa shape index (κ2) is 7.89. The molecule has 0 fully saturated rings. The Labute approximate surface area is 160 Å². The van der Waals surface area contributed by atoms with Crippen molar-refractivity contribution >= 4 is 50.6 Å². The second-order valence-electron chi connectivity index (χ2n) is 5.37. The molecule has 0 saturated heterocycles. The molecule has 0 saturated carbocycles. The van der Waals surface area contributed by atoms with Crippen LogP contribution in [0.25, 0.3) is 23.1 Å². The number of hydrogen-bond acceptors (Lipinski definition) is 3. The summed E-state index contributed by atoms with van der Waals surface area (Å²) in [5, 5.41) is 1.74. The number of nitrogens with zero attached hydrogens (tertiary/aromatic N) is 1. The monoisotopic (exact) mass is 417 g/mol. The molecule has 0 aliphatic heterocycles. The largest absolute Gasteiger partial charge is 0.493 e. The van der Waals surface area contributed by atoms with Crippen molar-refractivity contribution in [2.24, 2.45) is 0 Å². The molecule has 0 aliphatic rings. The number of pyridine rings is 1. The lowest BCUT2D eigenvalue weighted by molar-refractivity contribution is 0.309. The minimum Gasteiger partial charge on any atom is -0.493 e. The van der Waals surface area contributed by atoms with E-state index in [-0.39, 0.29) is 0 Å². The molecule has 1 aromatic heterocycles. The van der Waals surface area contributed by atoms with Crippen LogP contribution < -0.4 is 9.47 Å². The number of rotatable bonds is 5. The molecule has 128 valence electrons. The molecule has 5 heteroatoms. The Hall–Kier alpha value is -2.04. The van der Waals surface area contributed by atoms with Gasteiger partial charge < -0.3 is 9.47 Å². The van der Waals surface area contributed by atoms with Gasteiger partial charge in [0.25, 0.3) is 0 Å². The number of hydrogen-bond donors (Lipinski definition) is 0. The van der Waals surface area contributed by atoms with Crippen molar-refractivity contribution in [1.29, 1.82) is 0 Å². The first-order chi connectivity index (χ1) is 12.1. The lowest BCUT2D eigenvalue weighted by atomic mass is 10.1. The Balaban J connectivity index is 1.92. The van der Waals surface area contributed by atoms with Crippen molar-refractivity contribution in [2.75, 3.05) is 13.7 Å². The van der Waals surface area contributed by atoms with E-state index in [4.69, 9.17) is 21.1 Å². The van der Waals surface area contributed by atoms with Crippen LogP contribution >= 0.6 is 27.5 Å². The van der Waals surface area contributed by atoms with Crippen LogP contribution in [0.4, 0.5) is 0 Å². The maximum atomic E-state index is 6.05. The van der Waals surface area contributed by atoms with Gasteiger partial charge in [0.05, 0.1) is 29.4 Å². The molecular weight excluding hydrogens is 402 g/mol. The molecule has 25 heavy (non-hydrogen) atoms. The summed E-state index contributed by atoms with van der Waals surface area (Å²) < 4.78 is 11.9. The maximum absolute atomic E-state index is 6.05. The smallest absolute Gasteiger partial charge is 0.175 e. The highest BCUT2D eigenvalue weighted by Crippen LogP contribution is 2.37. The van der Waals surface area contributed by atoms with Crippen molar-refractivity contribution in [2.45, 2.75) is 6.92 Å². The first-order valence-corrected chi connectivity index (χ1v) is 9.02. The number of benzene rings is 2.